The Hall–Kier alpha value is -3.53. The lowest BCUT2D eigenvalue weighted by Gasteiger charge is -2.19. The molecule has 0 saturated heterocycles. The van der Waals surface area contributed by atoms with Crippen LogP contribution in [-0.4, -0.2) is 30.2 Å². The number of nitrogens with zero attached hydrogens (tertiary/aromatic N) is 2. The molecule has 1 aliphatic carbocycles. The van der Waals surface area contributed by atoms with E-state index in [9.17, 15) is 14.9 Å². The molecule has 31 heavy (non-hydrogen) atoms. The molecule has 0 aliphatic heterocycles. The Balaban J connectivity index is 1.64. The van der Waals surface area contributed by atoms with Crippen LogP contribution in [0.15, 0.2) is 30.3 Å². The van der Waals surface area contributed by atoms with Crippen LogP contribution in [0.4, 0.5) is 5.82 Å². The minimum absolute atomic E-state index is 0.268. The minimum atomic E-state index is -0.628. The van der Waals surface area contributed by atoms with Gasteiger partial charge in [0.05, 0.1) is 12.7 Å². The van der Waals surface area contributed by atoms with Gasteiger partial charge in [-0.25, -0.2) is 4.79 Å². The Labute approximate surface area is 182 Å². The van der Waals surface area contributed by atoms with Crippen LogP contribution >= 0.6 is 0 Å². The summed E-state index contributed by atoms with van der Waals surface area (Å²) in [6, 6.07) is 9.69. The van der Waals surface area contributed by atoms with Gasteiger partial charge in [-0.15, -0.1) is 0 Å². The molecule has 1 amide bonds. The molecule has 1 saturated carbocycles. The maximum absolute atomic E-state index is 12.5. The number of ether oxygens (including phenoxy) is 2. The highest BCUT2D eigenvalue weighted by Gasteiger charge is 2.26. The number of aromatic nitrogens is 1. The fourth-order valence-electron chi connectivity index (χ4n) is 3.97. The minimum Gasteiger partial charge on any atom is -0.497 e. The Morgan fingerprint density at radius 2 is 2.03 bits per heavy atom. The molecular formula is C24H27N3O4. The van der Waals surface area contributed by atoms with Crippen LogP contribution in [0.1, 0.15) is 54.1 Å². The van der Waals surface area contributed by atoms with E-state index in [1.54, 1.807) is 25.3 Å². The Kier molecular flexibility index (Phi) is 7.14. The topological polar surface area (TPSA) is 93.3 Å². The Bertz CT molecular complexity index is 1040. The molecule has 0 spiro atoms. The van der Waals surface area contributed by atoms with Crippen molar-refractivity contribution in [2.24, 2.45) is 0 Å². The summed E-state index contributed by atoms with van der Waals surface area (Å²) in [6.07, 6.45) is 7.16. The van der Waals surface area contributed by atoms with Crippen LogP contribution in [0.25, 0.3) is 6.08 Å². The van der Waals surface area contributed by atoms with E-state index in [-0.39, 0.29) is 6.04 Å². The first-order valence-electron chi connectivity index (χ1n) is 10.3. The zero-order valence-corrected chi connectivity index (χ0v) is 18.1. The van der Waals surface area contributed by atoms with E-state index >= 15 is 0 Å². The summed E-state index contributed by atoms with van der Waals surface area (Å²) >= 11 is 0. The number of methoxy groups -OCH3 is 1. The van der Waals surface area contributed by atoms with Crippen molar-refractivity contribution in [3.05, 3.63) is 52.7 Å². The van der Waals surface area contributed by atoms with Gasteiger partial charge in [0.2, 0.25) is 0 Å². The van der Waals surface area contributed by atoms with Gasteiger partial charge in [0.25, 0.3) is 5.91 Å². The lowest BCUT2D eigenvalue weighted by atomic mass is 10.2. The van der Waals surface area contributed by atoms with Gasteiger partial charge < -0.3 is 19.4 Å². The van der Waals surface area contributed by atoms with Gasteiger partial charge in [-0.2, -0.15) is 5.26 Å². The molecule has 1 aliphatic rings. The summed E-state index contributed by atoms with van der Waals surface area (Å²) in [5, 5.41) is 12.4. The summed E-state index contributed by atoms with van der Waals surface area (Å²) < 4.78 is 12.3. The number of esters is 1. The first-order valence-corrected chi connectivity index (χ1v) is 10.3. The highest BCUT2D eigenvalue weighted by Crippen LogP contribution is 2.37. The van der Waals surface area contributed by atoms with Crippen LogP contribution in [0.3, 0.4) is 0 Å². The van der Waals surface area contributed by atoms with Gasteiger partial charge in [-0.1, -0.05) is 25.0 Å². The standard InChI is InChI=1S/C24H27N3O4/c1-16-17(2)27(19-8-4-5-9-19)24(21(16)14-25)26-22(28)15-31-23(29)12-11-18-7-6-10-20(13-18)30-3/h6-7,10-13,19H,4-5,8-9,15H2,1-3H3,(H,26,28)/b12-11+. The lowest BCUT2D eigenvalue weighted by Crippen LogP contribution is -2.23. The van der Waals surface area contributed by atoms with Gasteiger partial charge >= 0.3 is 5.97 Å². The summed E-state index contributed by atoms with van der Waals surface area (Å²) in [5.74, 6) is 0.0739. The molecule has 0 atom stereocenters. The average Bonchev–Trinajstić information content (AvgIpc) is 3.38. The number of hydrogen-bond acceptors (Lipinski definition) is 5. The third-order valence-electron chi connectivity index (χ3n) is 5.67. The van der Waals surface area contributed by atoms with E-state index in [0.717, 1.165) is 42.5 Å². The number of hydrogen-bond donors (Lipinski definition) is 1. The van der Waals surface area contributed by atoms with Gasteiger partial charge in [0.1, 0.15) is 17.6 Å². The van der Waals surface area contributed by atoms with E-state index in [0.29, 0.717) is 17.1 Å². The van der Waals surface area contributed by atoms with Crippen molar-refractivity contribution in [3.63, 3.8) is 0 Å². The number of nitriles is 1. The van der Waals surface area contributed by atoms with Crippen LogP contribution in [0, 0.1) is 25.2 Å². The van der Waals surface area contributed by atoms with Gasteiger partial charge in [0, 0.05) is 17.8 Å². The zero-order valence-electron chi connectivity index (χ0n) is 18.1. The summed E-state index contributed by atoms with van der Waals surface area (Å²) in [6.45, 7) is 3.42. The molecule has 0 unspecified atom stereocenters. The molecule has 0 radical (unpaired) electrons. The monoisotopic (exact) mass is 421 g/mol. The fourth-order valence-corrected chi connectivity index (χ4v) is 3.97. The van der Waals surface area contributed by atoms with Crippen molar-refractivity contribution in [2.75, 3.05) is 19.0 Å². The molecule has 0 bridgehead atoms. The summed E-state index contributed by atoms with van der Waals surface area (Å²) in [7, 11) is 1.57. The maximum Gasteiger partial charge on any atom is 0.331 e. The highest BCUT2D eigenvalue weighted by molar-refractivity contribution is 5.95. The molecule has 2 aromatic rings. The summed E-state index contributed by atoms with van der Waals surface area (Å²) in [5.41, 5.74) is 3.08. The SMILES string of the molecule is COc1cccc(/C=C/C(=O)OCC(=O)Nc2c(C#N)c(C)c(C)n2C2CCCC2)c1. The molecule has 1 N–H and O–H groups in total. The number of carbonyl (C=O) groups excluding carboxylic acids is 2. The van der Waals surface area contributed by atoms with Crippen molar-refractivity contribution in [1.82, 2.24) is 4.57 Å². The quantitative estimate of drug-likeness (QED) is 0.532. The summed E-state index contributed by atoms with van der Waals surface area (Å²) in [4.78, 5) is 24.5. The second-order valence-electron chi connectivity index (χ2n) is 7.62. The van der Waals surface area contributed by atoms with E-state index < -0.39 is 18.5 Å². The number of anilines is 1. The number of benzene rings is 1. The van der Waals surface area contributed by atoms with E-state index in [2.05, 4.69) is 16.0 Å². The van der Waals surface area contributed by atoms with Crippen LogP contribution in [-0.2, 0) is 14.3 Å². The smallest absolute Gasteiger partial charge is 0.331 e. The molecular weight excluding hydrogens is 394 g/mol. The largest absolute Gasteiger partial charge is 0.497 e. The molecule has 7 heteroatoms. The predicted molar refractivity (Wildman–Crippen MR) is 118 cm³/mol. The third-order valence-corrected chi connectivity index (χ3v) is 5.67. The first-order chi connectivity index (χ1) is 14.9. The van der Waals surface area contributed by atoms with Gasteiger partial charge in [-0.3, -0.25) is 4.79 Å². The highest BCUT2D eigenvalue weighted by atomic mass is 16.5. The van der Waals surface area contributed by atoms with Crippen molar-refractivity contribution in [3.8, 4) is 11.8 Å². The normalized spacial score (nSPS) is 13.9. The maximum atomic E-state index is 12.5. The molecule has 162 valence electrons. The predicted octanol–water partition coefficient (Wildman–Crippen LogP) is 4.30. The molecule has 1 aromatic heterocycles. The number of carbonyl (C=O) groups is 2. The van der Waals surface area contributed by atoms with Crippen LogP contribution < -0.4 is 10.1 Å². The molecule has 7 nitrogen and oxygen atoms in total. The molecule has 1 heterocycles. The van der Waals surface area contributed by atoms with Crippen molar-refractivity contribution in [1.29, 1.82) is 5.26 Å². The lowest BCUT2D eigenvalue weighted by molar-refractivity contribution is -0.142. The Morgan fingerprint density at radius 1 is 1.29 bits per heavy atom. The number of rotatable bonds is 7. The Morgan fingerprint density at radius 3 is 2.71 bits per heavy atom. The first kappa shape index (κ1) is 22.2. The van der Waals surface area contributed by atoms with Crippen molar-refractivity contribution in [2.45, 2.75) is 45.6 Å². The van der Waals surface area contributed by atoms with Crippen molar-refractivity contribution >= 4 is 23.8 Å². The van der Waals surface area contributed by atoms with E-state index in [4.69, 9.17) is 9.47 Å². The van der Waals surface area contributed by atoms with Crippen LogP contribution in [0.2, 0.25) is 0 Å². The van der Waals surface area contributed by atoms with Crippen LogP contribution in [0.5, 0.6) is 5.75 Å². The van der Waals surface area contributed by atoms with Crippen molar-refractivity contribution < 1.29 is 19.1 Å². The average molecular weight is 421 g/mol. The second kappa shape index (κ2) is 9.98. The second-order valence-corrected chi connectivity index (χ2v) is 7.62. The van der Waals surface area contributed by atoms with Gasteiger partial charge in [-0.05, 0) is 56.0 Å². The number of nitrogens with one attached hydrogen (secondary N) is 1. The van der Waals surface area contributed by atoms with E-state index in [1.165, 1.54) is 6.08 Å². The molecule has 3 rings (SSSR count). The molecule has 1 aromatic carbocycles. The zero-order chi connectivity index (χ0) is 22.4. The fraction of sp³-hybridized carbons (Fsp3) is 0.375. The van der Waals surface area contributed by atoms with Gasteiger partial charge in [0.15, 0.2) is 6.61 Å². The molecule has 1 fully saturated rings. The number of amides is 1. The third kappa shape index (κ3) is 5.15. The van der Waals surface area contributed by atoms with E-state index in [1.807, 2.05) is 26.0 Å².